The van der Waals surface area contributed by atoms with Crippen molar-refractivity contribution in [1.82, 2.24) is 0 Å². The van der Waals surface area contributed by atoms with Crippen LogP contribution in [-0.2, 0) is 6.42 Å². The molecule has 26 heavy (non-hydrogen) atoms. The first kappa shape index (κ1) is 19.4. The van der Waals surface area contributed by atoms with Crippen molar-refractivity contribution in [2.75, 3.05) is 18.5 Å². The molecule has 2 aromatic carbocycles. The molecule has 0 heterocycles. The molecule has 0 aliphatic carbocycles. The van der Waals surface area contributed by atoms with Crippen LogP contribution in [0.4, 0.5) is 18.9 Å². The SMILES string of the molecule is CCOc1cccc(CCN=C(N)Nc2ccccc2OC(F)(F)F)c1. The van der Waals surface area contributed by atoms with Crippen LogP contribution in [0.1, 0.15) is 12.5 Å². The monoisotopic (exact) mass is 367 g/mol. The van der Waals surface area contributed by atoms with Crippen LogP contribution >= 0.6 is 0 Å². The van der Waals surface area contributed by atoms with Crippen molar-refractivity contribution in [3.05, 3.63) is 54.1 Å². The van der Waals surface area contributed by atoms with E-state index < -0.39 is 6.36 Å². The van der Waals surface area contributed by atoms with Crippen LogP contribution in [0, 0.1) is 0 Å². The summed E-state index contributed by atoms with van der Waals surface area (Å²) in [5, 5.41) is 2.63. The predicted octanol–water partition coefficient (Wildman–Crippen LogP) is 3.95. The summed E-state index contributed by atoms with van der Waals surface area (Å²) >= 11 is 0. The molecule has 0 aliphatic heterocycles. The van der Waals surface area contributed by atoms with Crippen LogP contribution in [0.3, 0.4) is 0 Å². The molecule has 0 fully saturated rings. The second kappa shape index (κ2) is 8.98. The molecular formula is C18H20F3N3O2. The van der Waals surface area contributed by atoms with E-state index in [9.17, 15) is 13.2 Å². The van der Waals surface area contributed by atoms with Gasteiger partial charge < -0.3 is 20.5 Å². The Kier molecular flexibility index (Phi) is 6.71. The van der Waals surface area contributed by atoms with Gasteiger partial charge in [0.2, 0.25) is 0 Å². The third-order valence-corrected chi connectivity index (χ3v) is 3.27. The molecule has 0 saturated heterocycles. The molecule has 5 nitrogen and oxygen atoms in total. The number of rotatable bonds is 7. The fraction of sp³-hybridized carbons (Fsp3) is 0.278. The molecule has 3 N–H and O–H groups in total. The summed E-state index contributed by atoms with van der Waals surface area (Å²) in [6.07, 6.45) is -4.17. The third kappa shape index (κ3) is 6.54. The molecule has 0 atom stereocenters. The van der Waals surface area contributed by atoms with E-state index in [0.717, 1.165) is 11.3 Å². The minimum absolute atomic E-state index is 0.00388. The number of nitrogens with zero attached hydrogens (tertiary/aromatic N) is 1. The van der Waals surface area contributed by atoms with Crippen LogP contribution in [0.15, 0.2) is 53.5 Å². The van der Waals surface area contributed by atoms with Crippen molar-refractivity contribution in [1.29, 1.82) is 0 Å². The average Bonchev–Trinajstić information content (AvgIpc) is 2.56. The normalized spacial score (nSPS) is 11.9. The topological polar surface area (TPSA) is 68.9 Å². The summed E-state index contributed by atoms with van der Waals surface area (Å²) in [5.74, 6) is 0.407. The van der Waals surface area contributed by atoms with E-state index >= 15 is 0 Å². The number of anilines is 1. The minimum atomic E-state index is -4.78. The first-order valence-corrected chi connectivity index (χ1v) is 8.01. The molecule has 2 aromatic rings. The zero-order valence-corrected chi connectivity index (χ0v) is 14.2. The molecule has 0 unspecified atom stereocenters. The molecule has 0 spiro atoms. The fourth-order valence-electron chi connectivity index (χ4n) is 2.22. The predicted molar refractivity (Wildman–Crippen MR) is 94.6 cm³/mol. The van der Waals surface area contributed by atoms with Gasteiger partial charge in [0.05, 0.1) is 12.3 Å². The number of para-hydroxylation sites is 2. The van der Waals surface area contributed by atoms with Crippen molar-refractivity contribution in [2.45, 2.75) is 19.7 Å². The maximum Gasteiger partial charge on any atom is 0.573 e. The molecule has 0 aromatic heterocycles. The second-order valence-corrected chi connectivity index (χ2v) is 5.27. The van der Waals surface area contributed by atoms with Crippen molar-refractivity contribution >= 4 is 11.6 Å². The molecule has 140 valence electrons. The number of benzene rings is 2. The number of hydrogen-bond acceptors (Lipinski definition) is 3. The number of halogens is 3. The Balaban J connectivity index is 1.96. The third-order valence-electron chi connectivity index (χ3n) is 3.27. The summed E-state index contributed by atoms with van der Waals surface area (Å²) in [4.78, 5) is 4.13. The number of ether oxygens (including phenoxy) is 2. The van der Waals surface area contributed by atoms with Gasteiger partial charge in [-0.25, -0.2) is 0 Å². The van der Waals surface area contributed by atoms with Crippen LogP contribution in [0.2, 0.25) is 0 Å². The molecule has 0 saturated carbocycles. The smallest absolute Gasteiger partial charge is 0.494 e. The van der Waals surface area contributed by atoms with Gasteiger partial charge in [0.25, 0.3) is 0 Å². The van der Waals surface area contributed by atoms with Crippen LogP contribution < -0.4 is 20.5 Å². The van der Waals surface area contributed by atoms with Crippen molar-refractivity contribution in [3.8, 4) is 11.5 Å². The number of nitrogens with one attached hydrogen (secondary N) is 1. The summed E-state index contributed by atoms with van der Waals surface area (Å²) in [6, 6.07) is 13.2. The number of hydrogen-bond donors (Lipinski definition) is 2. The Morgan fingerprint density at radius 1 is 1.15 bits per heavy atom. The molecule has 0 aliphatic rings. The lowest BCUT2D eigenvalue weighted by molar-refractivity contribution is -0.274. The first-order chi connectivity index (χ1) is 12.4. The molecule has 0 amide bonds. The van der Waals surface area contributed by atoms with E-state index in [0.29, 0.717) is 19.6 Å². The van der Waals surface area contributed by atoms with Crippen molar-refractivity contribution < 1.29 is 22.6 Å². The Morgan fingerprint density at radius 3 is 2.65 bits per heavy atom. The van der Waals surface area contributed by atoms with Gasteiger partial charge >= 0.3 is 6.36 Å². The lowest BCUT2D eigenvalue weighted by Gasteiger charge is -2.14. The van der Waals surface area contributed by atoms with E-state index in [1.807, 2.05) is 31.2 Å². The zero-order chi connectivity index (χ0) is 19.0. The van der Waals surface area contributed by atoms with Gasteiger partial charge in [0.1, 0.15) is 5.75 Å². The molecule has 8 heteroatoms. The largest absolute Gasteiger partial charge is 0.573 e. The van der Waals surface area contributed by atoms with Gasteiger partial charge in [-0.1, -0.05) is 24.3 Å². The number of aliphatic imine (C=N–C) groups is 1. The minimum Gasteiger partial charge on any atom is -0.494 e. The van der Waals surface area contributed by atoms with E-state index in [2.05, 4.69) is 15.0 Å². The lowest BCUT2D eigenvalue weighted by atomic mass is 10.1. The van der Waals surface area contributed by atoms with Gasteiger partial charge in [0, 0.05) is 6.54 Å². The molecule has 0 radical (unpaired) electrons. The van der Waals surface area contributed by atoms with Crippen LogP contribution in [-0.4, -0.2) is 25.5 Å². The number of nitrogens with two attached hydrogens (primary N) is 1. The number of alkyl halides is 3. The average molecular weight is 367 g/mol. The molecular weight excluding hydrogens is 347 g/mol. The Hall–Kier alpha value is -2.90. The van der Waals surface area contributed by atoms with Gasteiger partial charge in [-0.3, -0.25) is 4.99 Å². The molecule has 2 rings (SSSR count). The van der Waals surface area contributed by atoms with E-state index in [1.54, 1.807) is 6.07 Å². The van der Waals surface area contributed by atoms with Crippen LogP contribution in [0.25, 0.3) is 0 Å². The van der Waals surface area contributed by atoms with E-state index in [-0.39, 0.29) is 17.4 Å². The maximum absolute atomic E-state index is 12.4. The summed E-state index contributed by atoms with van der Waals surface area (Å²) in [6.45, 7) is 2.86. The Labute approximate surface area is 149 Å². The fourth-order valence-corrected chi connectivity index (χ4v) is 2.22. The van der Waals surface area contributed by atoms with Gasteiger partial charge in [-0.05, 0) is 43.2 Å². The highest BCUT2D eigenvalue weighted by Gasteiger charge is 2.32. The van der Waals surface area contributed by atoms with Crippen molar-refractivity contribution in [3.63, 3.8) is 0 Å². The van der Waals surface area contributed by atoms with Crippen LogP contribution in [0.5, 0.6) is 11.5 Å². The highest BCUT2D eigenvalue weighted by Crippen LogP contribution is 2.29. The van der Waals surface area contributed by atoms with Gasteiger partial charge in [-0.2, -0.15) is 0 Å². The van der Waals surface area contributed by atoms with Gasteiger partial charge in [-0.15, -0.1) is 13.2 Å². The maximum atomic E-state index is 12.4. The van der Waals surface area contributed by atoms with E-state index in [1.165, 1.54) is 18.2 Å². The van der Waals surface area contributed by atoms with Gasteiger partial charge in [0.15, 0.2) is 11.7 Å². The summed E-state index contributed by atoms with van der Waals surface area (Å²) in [5.41, 5.74) is 6.87. The zero-order valence-electron chi connectivity index (χ0n) is 14.2. The number of guanidine groups is 1. The Bertz CT molecular complexity index is 748. The molecule has 0 bridgehead atoms. The lowest BCUT2D eigenvalue weighted by Crippen LogP contribution is -2.24. The quantitative estimate of drug-likeness (QED) is 0.574. The summed E-state index contributed by atoms with van der Waals surface area (Å²) in [7, 11) is 0. The Morgan fingerprint density at radius 2 is 1.92 bits per heavy atom. The second-order valence-electron chi connectivity index (χ2n) is 5.27. The standard InChI is InChI=1S/C18H20F3N3O2/c1-2-25-14-7-5-6-13(12-14)10-11-23-17(22)24-15-8-3-4-9-16(15)26-18(19,20)21/h3-9,12H,2,10-11H2,1H3,(H3,22,23,24). The highest BCUT2D eigenvalue weighted by atomic mass is 19.4. The highest BCUT2D eigenvalue weighted by molar-refractivity contribution is 5.93. The first-order valence-electron chi connectivity index (χ1n) is 8.01. The van der Waals surface area contributed by atoms with Crippen molar-refractivity contribution in [2.24, 2.45) is 10.7 Å². The van der Waals surface area contributed by atoms with E-state index in [4.69, 9.17) is 10.5 Å². The summed E-state index contributed by atoms with van der Waals surface area (Å²) < 4.78 is 46.6.